The molecular formula is C23H21N9O3. The first-order chi connectivity index (χ1) is 17.0. The van der Waals surface area contributed by atoms with E-state index in [9.17, 15) is 10.1 Å². The molecule has 12 heteroatoms. The van der Waals surface area contributed by atoms with Crippen molar-refractivity contribution in [3.8, 4) is 17.6 Å². The fourth-order valence-corrected chi connectivity index (χ4v) is 4.77. The van der Waals surface area contributed by atoms with Crippen molar-refractivity contribution in [3.63, 3.8) is 0 Å². The lowest BCUT2D eigenvalue weighted by molar-refractivity contribution is 0.209. The molecule has 1 aliphatic carbocycles. The largest absolute Gasteiger partial charge is 0.465 e. The van der Waals surface area contributed by atoms with Gasteiger partial charge in [0.25, 0.3) is 0 Å². The predicted molar refractivity (Wildman–Crippen MR) is 125 cm³/mol. The van der Waals surface area contributed by atoms with Crippen LogP contribution in [-0.2, 0) is 19.0 Å². The molecule has 1 aliphatic heterocycles. The second-order valence-corrected chi connectivity index (χ2v) is 8.83. The van der Waals surface area contributed by atoms with Crippen LogP contribution in [0.2, 0.25) is 0 Å². The minimum Gasteiger partial charge on any atom is -0.465 e. The summed E-state index contributed by atoms with van der Waals surface area (Å²) >= 11 is 0. The molecule has 1 amide bonds. The second kappa shape index (κ2) is 7.69. The Hall–Kier alpha value is -4.66. The van der Waals surface area contributed by atoms with Gasteiger partial charge in [0.15, 0.2) is 17.2 Å². The van der Waals surface area contributed by atoms with Crippen LogP contribution in [-0.4, -0.2) is 40.5 Å². The standard InChI is InChI=1S/C23H21N9O3/c1-31-19-14(11-24)15(35-13-3-7-25-17(9-13)28-22(33)34)12-26-20(19)29-21(31)27-18-10-16-23(5-6-23)4-2-8-32(16)30-18/h3,7,9-10,12H,2,4-6,8H2,1H3,(H,25,28)(H,33,34)(H,26,27,29,30). The van der Waals surface area contributed by atoms with Crippen molar-refractivity contribution in [3.05, 3.63) is 41.9 Å². The molecule has 1 saturated carbocycles. The van der Waals surface area contributed by atoms with Crippen LogP contribution in [0.3, 0.4) is 0 Å². The number of aryl methyl sites for hydroxylation is 2. The summed E-state index contributed by atoms with van der Waals surface area (Å²) in [6, 6.07) is 7.26. The van der Waals surface area contributed by atoms with Gasteiger partial charge in [0.2, 0.25) is 5.95 Å². The van der Waals surface area contributed by atoms with Crippen LogP contribution in [0.25, 0.3) is 11.2 Å². The van der Waals surface area contributed by atoms with Gasteiger partial charge in [0, 0.05) is 43.0 Å². The number of imidazole rings is 1. The molecule has 2 aliphatic rings. The molecule has 0 aromatic carbocycles. The van der Waals surface area contributed by atoms with E-state index in [-0.39, 0.29) is 17.1 Å². The molecule has 4 aromatic heterocycles. The van der Waals surface area contributed by atoms with Gasteiger partial charge in [0.1, 0.15) is 28.7 Å². The van der Waals surface area contributed by atoms with Crippen LogP contribution in [0, 0.1) is 11.3 Å². The number of nitrogens with one attached hydrogen (secondary N) is 2. The van der Waals surface area contributed by atoms with E-state index in [1.807, 2.05) is 0 Å². The molecule has 3 N–H and O–H groups in total. The molecule has 0 radical (unpaired) electrons. The second-order valence-electron chi connectivity index (χ2n) is 8.83. The van der Waals surface area contributed by atoms with Crippen molar-refractivity contribution >= 4 is 34.8 Å². The molecular weight excluding hydrogens is 450 g/mol. The zero-order valence-corrected chi connectivity index (χ0v) is 18.8. The third kappa shape index (κ3) is 3.57. The number of amides is 1. The number of aromatic nitrogens is 6. The van der Waals surface area contributed by atoms with E-state index in [4.69, 9.17) is 14.9 Å². The van der Waals surface area contributed by atoms with E-state index in [1.54, 1.807) is 17.7 Å². The molecule has 0 unspecified atom stereocenters. The van der Waals surface area contributed by atoms with Gasteiger partial charge < -0.3 is 19.7 Å². The minimum absolute atomic E-state index is 0.102. The monoisotopic (exact) mass is 471 g/mol. The number of nitriles is 1. The highest BCUT2D eigenvalue weighted by atomic mass is 16.5. The topological polar surface area (TPSA) is 156 Å². The molecule has 4 aromatic rings. The number of nitrogens with zero attached hydrogens (tertiary/aromatic N) is 7. The van der Waals surface area contributed by atoms with Crippen LogP contribution < -0.4 is 15.4 Å². The summed E-state index contributed by atoms with van der Waals surface area (Å²) in [5.41, 5.74) is 2.73. The first-order valence-electron chi connectivity index (χ1n) is 11.2. The maximum Gasteiger partial charge on any atom is 0.410 e. The molecule has 35 heavy (non-hydrogen) atoms. The number of fused-ring (bicyclic) bond motifs is 3. The Balaban J connectivity index is 1.32. The summed E-state index contributed by atoms with van der Waals surface area (Å²) in [5, 5.41) is 29.0. The van der Waals surface area contributed by atoms with E-state index >= 15 is 0 Å². The van der Waals surface area contributed by atoms with Crippen LogP contribution in [0.5, 0.6) is 11.5 Å². The van der Waals surface area contributed by atoms with E-state index in [1.165, 1.54) is 43.4 Å². The van der Waals surface area contributed by atoms with Crippen molar-refractivity contribution in [2.24, 2.45) is 7.05 Å². The van der Waals surface area contributed by atoms with Gasteiger partial charge in [0.05, 0.1) is 6.20 Å². The molecule has 5 heterocycles. The van der Waals surface area contributed by atoms with E-state index in [2.05, 4.69) is 42.4 Å². The summed E-state index contributed by atoms with van der Waals surface area (Å²) in [6.07, 6.45) is 6.38. The normalized spacial score (nSPS) is 15.4. The fourth-order valence-electron chi connectivity index (χ4n) is 4.77. The van der Waals surface area contributed by atoms with Crippen molar-refractivity contribution in [1.29, 1.82) is 5.26 Å². The molecule has 176 valence electrons. The average Bonchev–Trinajstić information content (AvgIpc) is 3.35. The summed E-state index contributed by atoms with van der Waals surface area (Å²) in [7, 11) is 1.80. The Bertz CT molecular complexity index is 1530. The molecule has 12 nitrogen and oxygen atoms in total. The maximum absolute atomic E-state index is 10.9. The molecule has 0 saturated heterocycles. The molecule has 6 rings (SSSR count). The number of rotatable bonds is 5. The number of hydrogen-bond acceptors (Lipinski definition) is 8. The zero-order chi connectivity index (χ0) is 24.2. The fraction of sp³-hybridized carbons (Fsp3) is 0.304. The SMILES string of the molecule is Cn1c(Nc2cc3n(n2)CCCC32CC2)nc2ncc(Oc3ccnc(NC(=O)O)c3)c(C#N)c21. The predicted octanol–water partition coefficient (Wildman–Crippen LogP) is 3.88. The van der Waals surface area contributed by atoms with Crippen LogP contribution in [0.15, 0.2) is 30.6 Å². The number of hydrogen-bond donors (Lipinski definition) is 3. The summed E-state index contributed by atoms with van der Waals surface area (Å²) in [4.78, 5) is 23.8. The Labute approximate surface area is 199 Å². The van der Waals surface area contributed by atoms with Crippen molar-refractivity contribution < 1.29 is 14.6 Å². The van der Waals surface area contributed by atoms with Crippen molar-refractivity contribution in [1.82, 2.24) is 29.3 Å². The quantitative estimate of drug-likeness (QED) is 0.393. The lowest BCUT2D eigenvalue weighted by Crippen LogP contribution is -2.21. The van der Waals surface area contributed by atoms with Gasteiger partial charge in [-0.3, -0.25) is 10.00 Å². The minimum atomic E-state index is -1.24. The highest BCUT2D eigenvalue weighted by Gasteiger charge is 2.48. The van der Waals surface area contributed by atoms with Crippen molar-refractivity contribution in [2.75, 3.05) is 10.6 Å². The highest BCUT2D eigenvalue weighted by molar-refractivity contribution is 5.84. The lowest BCUT2D eigenvalue weighted by Gasteiger charge is -2.22. The first kappa shape index (κ1) is 20.9. The summed E-state index contributed by atoms with van der Waals surface area (Å²) in [6.45, 7) is 0.918. The third-order valence-corrected chi connectivity index (χ3v) is 6.61. The summed E-state index contributed by atoms with van der Waals surface area (Å²) < 4.78 is 9.71. The number of carbonyl (C=O) groups is 1. The van der Waals surface area contributed by atoms with E-state index in [0.717, 1.165) is 18.8 Å². The van der Waals surface area contributed by atoms with Gasteiger partial charge in [-0.25, -0.2) is 14.8 Å². The zero-order valence-electron chi connectivity index (χ0n) is 18.8. The highest BCUT2D eigenvalue weighted by Crippen LogP contribution is 2.54. The molecule has 1 fully saturated rings. The smallest absolute Gasteiger partial charge is 0.410 e. The number of anilines is 3. The van der Waals surface area contributed by atoms with Crippen molar-refractivity contribution in [2.45, 2.75) is 37.6 Å². The van der Waals surface area contributed by atoms with Crippen LogP contribution >= 0.6 is 0 Å². The Morgan fingerprint density at radius 1 is 1.26 bits per heavy atom. The summed E-state index contributed by atoms with van der Waals surface area (Å²) in [5.74, 6) is 1.86. The Morgan fingerprint density at radius 2 is 2.11 bits per heavy atom. The third-order valence-electron chi connectivity index (χ3n) is 6.61. The molecule has 0 bridgehead atoms. The Morgan fingerprint density at radius 3 is 2.89 bits per heavy atom. The first-order valence-corrected chi connectivity index (χ1v) is 11.2. The number of pyridine rings is 2. The lowest BCUT2D eigenvalue weighted by atomic mass is 9.93. The van der Waals surface area contributed by atoms with Gasteiger partial charge in [-0.1, -0.05) is 0 Å². The average molecular weight is 471 g/mol. The van der Waals surface area contributed by atoms with Gasteiger partial charge >= 0.3 is 6.09 Å². The van der Waals surface area contributed by atoms with Crippen LogP contribution in [0.4, 0.5) is 22.4 Å². The van der Waals surface area contributed by atoms with Gasteiger partial charge in [-0.15, -0.1) is 0 Å². The van der Waals surface area contributed by atoms with Gasteiger partial charge in [-0.05, 0) is 31.7 Å². The van der Waals surface area contributed by atoms with E-state index in [0.29, 0.717) is 28.3 Å². The maximum atomic E-state index is 10.9. The number of carboxylic acid groups (broad SMARTS) is 1. The Kier molecular flexibility index (Phi) is 4.60. The van der Waals surface area contributed by atoms with E-state index < -0.39 is 6.09 Å². The van der Waals surface area contributed by atoms with Crippen LogP contribution in [0.1, 0.15) is 36.9 Å². The molecule has 0 atom stereocenters. The molecule has 1 spiro atoms. The van der Waals surface area contributed by atoms with Gasteiger partial charge in [-0.2, -0.15) is 15.3 Å². The number of ether oxygens (including phenoxy) is 1.